The Hall–Kier alpha value is -3.52. The molecule has 0 spiro atoms. The minimum atomic E-state index is -4.73. The van der Waals surface area contributed by atoms with Crippen LogP contribution < -0.4 is 21.1 Å². The van der Waals surface area contributed by atoms with E-state index in [1.807, 2.05) is 6.92 Å². The number of anilines is 4. The molecule has 34 heavy (non-hydrogen) atoms. The maximum absolute atomic E-state index is 13.5. The number of halogens is 3. The average molecular weight is 497 g/mol. The highest BCUT2D eigenvalue weighted by Gasteiger charge is 2.35. The standard InChI is InChI=1S/C20H23F3N8O2S/c1-3-34(32,33)31-18-16(25-8-9-26-18)11-27-17-15(20(21,22)23)10-28-19(30-17)29-14-6-4-13(5-7-14)12(2)24/h4-10,12H,3,11,24H2,1-2H3,(H,26,31)(H2,27,28,29,30)/t12-/m0/s1. The van der Waals surface area contributed by atoms with Gasteiger partial charge in [-0.25, -0.2) is 18.4 Å². The molecule has 10 nitrogen and oxygen atoms in total. The Morgan fingerprint density at radius 1 is 1.06 bits per heavy atom. The zero-order valence-electron chi connectivity index (χ0n) is 18.3. The average Bonchev–Trinajstić information content (AvgIpc) is 2.78. The summed E-state index contributed by atoms with van der Waals surface area (Å²) in [6.45, 7) is 2.99. The summed E-state index contributed by atoms with van der Waals surface area (Å²) in [4.78, 5) is 15.7. The molecule has 0 bridgehead atoms. The Morgan fingerprint density at radius 2 is 1.74 bits per heavy atom. The van der Waals surface area contributed by atoms with Crippen molar-refractivity contribution in [1.29, 1.82) is 0 Å². The molecule has 0 radical (unpaired) electrons. The number of nitrogens with one attached hydrogen (secondary N) is 3. The highest BCUT2D eigenvalue weighted by atomic mass is 32.2. The summed E-state index contributed by atoms with van der Waals surface area (Å²) >= 11 is 0. The lowest BCUT2D eigenvalue weighted by Gasteiger charge is -2.16. The summed E-state index contributed by atoms with van der Waals surface area (Å²) in [6, 6.07) is 6.81. The first-order valence-corrected chi connectivity index (χ1v) is 11.7. The first-order valence-electron chi connectivity index (χ1n) is 10.1. The molecule has 2 aromatic heterocycles. The third kappa shape index (κ3) is 6.51. The minimum Gasteiger partial charge on any atom is -0.364 e. The Bertz CT molecular complexity index is 1240. The molecular weight excluding hydrogens is 473 g/mol. The Labute approximate surface area is 194 Å². The van der Waals surface area contributed by atoms with E-state index in [0.29, 0.717) is 11.9 Å². The molecule has 1 aromatic carbocycles. The molecule has 0 saturated carbocycles. The van der Waals surface area contributed by atoms with Crippen LogP contribution in [0.3, 0.4) is 0 Å². The van der Waals surface area contributed by atoms with Crippen LogP contribution in [0.2, 0.25) is 0 Å². The van der Waals surface area contributed by atoms with Crippen molar-refractivity contribution in [3.8, 4) is 0 Å². The number of hydrogen-bond acceptors (Lipinski definition) is 9. The maximum Gasteiger partial charge on any atom is 0.421 e. The second-order valence-corrected chi connectivity index (χ2v) is 9.21. The molecule has 1 atom stereocenters. The van der Waals surface area contributed by atoms with Gasteiger partial charge in [0.15, 0.2) is 5.82 Å². The molecule has 14 heteroatoms. The van der Waals surface area contributed by atoms with Gasteiger partial charge in [-0.05, 0) is 31.5 Å². The molecular formula is C20H23F3N8O2S. The van der Waals surface area contributed by atoms with Crippen LogP contribution in [-0.2, 0) is 22.7 Å². The van der Waals surface area contributed by atoms with Crippen LogP contribution in [-0.4, -0.2) is 34.1 Å². The van der Waals surface area contributed by atoms with E-state index in [2.05, 4.69) is 35.3 Å². The maximum atomic E-state index is 13.5. The SMILES string of the molecule is CCS(=O)(=O)Nc1nccnc1CNc1nc(Nc2ccc([C@H](C)N)cc2)ncc1C(F)(F)F. The fourth-order valence-electron chi connectivity index (χ4n) is 2.75. The predicted molar refractivity (Wildman–Crippen MR) is 122 cm³/mol. The van der Waals surface area contributed by atoms with E-state index in [4.69, 9.17) is 5.73 Å². The molecule has 0 fully saturated rings. The smallest absolute Gasteiger partial charge is 0.364 e. The lowest BCUT2D eigenvalue weighted by molar-refractivity contribution is -0.137. The van der Waals surface area contributed by atoms with Crippen molar-refractivity contribution >= 4 is 33.3 Å². The van der Waals surface area contributed by atoms with Crippen molar-refractivity contribution in [3.63, 3.8) is 0 Å². The van der Waals surface area contributed by atoms with Gasteiger partial charge < -0.3 is 16.4 Å². The van der Waals surface area contributed by atoms with Crippen LogP contribution in [0.5, 0.6) is 0 Å². The van der Waals surface area contributed by atoms with Crippen LogP contribution in [0.15, 0.2) is 42.9 Å². The van der Waals surface area contributed by atoms with E-state index in [0.717, 1.165) is 5.56 Å². The fourth-order valence-corrected chi connectivity index (χ4v) is 3.36. The van der Waals surface area contributed by atoms with Gasteiger partial charge >= 0.3 is 6.18 Å². The van der Waals surface area contributed by atoms with Crippen LogP contribution in [0.25, 0.3) is 0 Å². The lowest BCUT2D eigenvalue weighted by Crippen LogP contribution is -2.19. The third-order valence-corrected chi connectivity index (χ3v) is 5.88. The zero-order valence-corrected chi connectivity index (χ0v) is 19.1. The Kier molecular flexibility index (Phi) is 7.51. The van der Waals surface area contributed by atoms with E-state index in [1.54, 1.807) is 24.3 Å². The monoisotopic (exact) mass is 496 g/mol. The van der Waals surface area contributed by atoms with Crippen LogP contribution in [0.4, 0.5) is 36.4 Å². The largest absolute Gasteiger partial charge is 0.421 e. The van der Waals surface area contributed by atoms with Crippen molar-refractivity contribution in [2.45, 2.75) is 32.6 Å². The van der Waals surface area contributed by atoms with Gasteiger partial charge in [0.25, 0.3) is 0 Å². The lowest BCUT2D eigenvalue weighted by atomic mass is 10.1. The molecule has 5 N–H and O–H groups in total. The van der Waals surface area contributed by atoms with Gasteiger partial charge in [0, 0.05) is 30.3 Å². The van der Waals surface area contributed by atoms with Crippen LogP contribution >= 0.6 is 0 Å². The Balaban J connectivity index is 1.86. The van der Waals surface area contributed by atoms with Crippen molar-refractivity contribution < 1.29 is 21.6 Å². The summed E-state index contributed by atoms with van der Waals surface area (Å²) in [5.41, 5.74) is 6.26. The molecule has 3 rings (SSSR count). The number of hydrogen-bond donors (Lipinski definition) is 4. The minimum absolute atomic E-state index is 0.0740. The summed E-state index contributed by atoms with van der Waals surface area (Å²) in [6.07, 6.45) is -1.51. The first kappa shape index (κ1) is 25.1. The molecule has 0 saturated heterocycles. The summed E-state index contributed by atoms with van der Waals surface area (Å²) in [5, 5.41) is 5.41. The molecule has 2 heterocycles. The van der Waals surface area contributed by atoms with Gasteiger partial charge in [0.1, 0.15) is 17.1 Å². The Morgan fingerprint density at radius 3 is 2.35 bits per heavy atom. The third-order valence-electron chi connectivity index (χ3n) is 4.62. The van der Waals surface area contributed by atoms with Crippen molar-refractivity contribution in [2.24, 2.45) is 5.73 Å². The predicted octanol–water partition coefficient (Wildman–Crippen LogP) is 3.42. The van der Waals surface area contributed by atoms with E-state index in [-0.39, 0.29) is 35.8 Å². The molecule has 3 aromatic rings. The highest BCUT2D eigenvalue weighted by Crippen LogP contribution is 2.34. The quantitative estimate of drug-likeness (QED) is 0.350. The summed E-state index contributed by atoms with van der Waals surface area (Å²) in [5.74, 6) is -0.880. The van der Waals surface area contributed by atoms with Crippen LogP contribution in [0, 0.1) is 0 Å². The number of sulfonamides is 1. The van der Waals surface area contributed by atoms with E-state index < -0.39 is 27.6 Å². The number of benzene rings is 1. The van der Waals surface area contributed by atoms with Crippen molar-refractivity contribution in [3.05, 3.63) is 59.7 Å². The molecule has 0 aliphatic carbocycles. The molecule has 0 aliphatic rings. The van der Waals surface area contributed by atoms with Gasteiger partial charge in [-0.3, -0.25) is 9.71 Å². The number of aromatic nitrogens is 4. The van der Waals surface area contributed by atoms with Crippen molar-refractivity contribution in [1.82, 2.24) is 19.9 Å². The van der Waals surface area contributed by atoms with Gasteiger partial charge in [0.2, 0.25) is 16.0 Å². The van der Waals surface area contributed by atoms with E-state index in [9.17, 15) is 21.6 Å². The number of nitrogens with zero attached hydrogens (tertiary/aromatic N) is 4. The molecule has 0 amide bonds. The van der Waals surface area contributed by atoms with Gasteiger partial charge in [0.05, 0.1) is 12.3 Å². The zero-order chi connectivity index (χ0) is 24.9. The number of rotatable bonds is 9. The second kappa shape index (κ2) is 10.2. The van der Waals surface area contributed by atoms with Gasteiger partial charge in [-0.2, -0.15) is 18.2 Å². The van der Waals surface area contributed by atoms with Crippen molar-refractivity contribution in [2.75, 3.05) is 21.1 Å². The summed E-state index contributed by atoms with van der Waals surface area (Å²) in [7, 11) is -3.66. The van der Waals surface area contributed by atoms with Gasteiger partial charge in [-0.15, -0.1) is 0 Å². The fraction of sp³-hybridized carbons (Fsp3) is 0.300. The summed E-state index contributed by atoms with van der Waals surface area (Å²) < 4.78 is 66.6. The first-order chi connectivity index (χ1) is 16.0. The molecule has 0 unspecified atom stereocenters. The normalized spacial score (nSPS) is 12.8. The van der Waals surface area contributed by atoms with E-state index >= 15 is 0 Å². The molecule has 182 valence electrons. The number of alkyl halides is 3. The topological polar surface area (TPSA) is 148 Å². The second-order valence-electron chi connectivity index (χ2n) is 7.20. The number of nitrogens with two attached hydrogens (primary N) is 1. The molecule has 0 aliphatic heterocycles. The van der Waals surface area contributed by atoms with E-state index in [1.165, 1.54) is 19.3 Å². The highest BCUT2D eigenvalue weighted by molar-refractivity contribution is 7.92. The van der Waals surface area contributed by atoms with Gasteiger partial charge in [-0.1, -0.05) is 12.1 Å². The van der Waals surface area contributed by atoms with Crippen LogP contribution in [0.1, 0.15) is 36.7 Å².